The van der Waals surface area contributed by atoms with Crippen LogP contribution in [0.1, 0.15) is 26.7 Å². The Balaban J connectivity index is 2.15. The molecule has 18 heavy (non-hydrogen) atoms. The minimum atomic E-state index is -0.405. The van der Waals surface area contributed by atoms with Gasteiger partial charge in [0, 0.05) is 14.0 Å². The number of aliphatic hydroxyl groups is 1. The SMILES string of the molecule is CCC1C2CC1(CO)OC(COC)C2NC(C)=O. The van der Waals surface area contributed by atoms with Crippen LogP contribution >= 0.6 is 0 Å². The first-order chi connectivity index (χ1) is 8.57. The molecule has 2 saturated heterocycles. The Morgan fingerprint density at radius 2 is 2.33 bits per heavy atom. The maximum absolute atomic E-state index is 11.3. The van der Waals surface area contributed by atoms with Crippen molar-refractivity contribution >= 4 is 5.91 Å². The summed E-state index contributed by atoms with van der Waals surface area (Å²) in [7, 11) is 1.62. The summed E-state index contributed by atoms with van der Waals surface area (Å²) in [5.41, 5.74) is -0.405. The second kappa shape index (κ2) is 5.15. The monoisotopic (exact) mass is 257 g/mol. The molecule has 5 nitrogen and oxygen atoms in total. The van der Waals surface area contributed by atoms with Crippen LogP contribution < -0.4 is 5.32 Å². The van der Waals surface area contributed by atoms with E-state index in [0.717, 1.165) is 12.8 Å². The highest BCUT2D eigenvalue weighted by molar-refractivity contribution is 5.73. The number of carbonyl (C=O) groups excluding carboxylic acids is 1. The number of ether oxygens (including phenoxy) is 2. The van der Waals surface area contributed by atoms with Gasteiger partial charge in [0.05, 0.1) is 24.9 Å². The fourth-order valence-corrected chi connectivity index (χ4v) is 3.72. The molecule has 0 aromatic carbocycles. The summed E-state index contributed by atoms with van der Waals surface area (Å²) in [5, 5.41) is 12.6. The number of rotatable bonds is 5. The molecule has 104 valence electrons. The number of aliphatic hydroxyl groups excluding tert-OH is 1. The number of amides is 1. The molecule has 5 heteroatoms. The van der Waals surface area contributed by atoms with Gasteiger partial charge in [-0.15, -0.1) is 0 Å². The Bertz CT molecular complexity index is 320. The lowest BCUT2D eigenvalue weighted by Crippen LogP contribution is -2.73. The molecule has 2 heterocycles. The summed E-state index contributed by atoms with van der Waals surface area (Å²) < 4.78 is 11.2. The van der Waals surface area contributed by atoms with E-state index in [1.807, 2.05) is 0 Å². The van der Waals surface area contributed by atoms with Gasteiger partial charge in [0.2, 0.25) is 5.91 Å². The van der Waals surface area contributed by atoms with Gasteiger partial charge in [-0.1, -0.05) is 13.3 Å². The molecule has 5 atom stereocenters. The van der Waals surface area contributed by atoms with E-state index >= 15 is 0 Å². The fourth-order valence-electron chi connectivity index (χ4n) is 3.72. The molecule has 1 amide bonds. The van der Waals surface area contributed by atoms with Gasteiger partial charge < -0.3 is 19.9 Å². The van der Waals surface area contributed by atoms with E-state index in [1.54, 1.807) is 7.11 Å². The zero-order valence-corrected chi connectivity index (χ0v) is 11.3. The van der Waals surface area contributed by atoms with E-state index in [-0.39, 0.29) is 24.7 Å². The average Bonchev–Trinajstić information content (AvgIpc) is 2.30. The molecule has 3 rings (SSSR count). The highest BCUT2D eigenvalue weighted by Gasteiger charge is 2.62. The van der Waals surface area contributed by atoms with Gasteiger partial charge >= 0.3 is 0 Å². The molecular formula is C13H23NO4. The number of hydrogen-bond acceptors (Lipinski definition) is 4. The second-order valence-electron chi connectivity index (χ2n) is 5.44. The average molecular weight is 257 g/mol. The van der Waals surface area contributed by atoms with Gasteiger partial charge in [-0.05, 0) is 18.3 Å². The highest BCUT2D eigenvalue weighted by atomic mass is 16.6. The van der Waals surface area contributed by atoms with Crippen molar-refractivity contribution in [1.29, 1.82) is 0 Å². The van der Waals surface area contributed by atoms with Crippen molar-refractivity contribution in [3.8, 4) is 0 Å². The molecule has 1 aliphatic carbocycles. The van der Waals surface area contributed by atoms with Crippen molar-refractivity contribution in [1.82, 2.24) is 5.32 Å². The van der Waals surface area contributed by atoms with Crippen molar-refractivity contribution in [3.63, 3.8) is 0 Å². The van der Waals surface area contributed by atoms with Gasteiger partial charge in [-0.25, -0.2) is 0 Å². The summed E-state index contributed by atoms with van der Waals surface area (Å²) in [5.74, 6) is 0.676. The molecule has 0 spiro atoms. The smallest absolute Gasteiger partial charge is 0.217 e. The first-order valence-corrected chi connectivity index (χ1v) is 6.62. The van der Waals surface area contributed by atoms with Crippen LogP contribution in [0.25, 0.3) is 0 Å². The van der Waals surface area contributed by atoms with Gasteiger partial charge in [0.25, 0.3) is 0 Å². The van der Waals surface area contributed by atoms with E-state index in [4.69, 9.17) is 9.47 Å². The fraction of sp³-hybridized carbons (Fsp3) is 0.923. The lowest BCUT2D eigenvalue weighted by Gasteiger charge is -2.63. The standard InChI is InChI=1S/C13H23NO4/c1-4-10-9-5-13(10,7-15)18-11(6-17-3)12(9)14-8(2)16/h9-12,15H,4-7H2,1-3H3,(H,14,16). The minimum absolute atomic E-state index is 0.000764. The van der Waals surface area contributed by atoms with Crippen LogP contribution in [0.4, 0.5) is 0 Å². The maximum atomic E-state index is 11.3. The van der Waals surface area contributed by atoms with E-state index in [0.29, 0.717) is 18.4 Å². The van der Waals surface area contributed by atoms with Gasteiger partial charge in [-0.3, -0.25) is 4.79 Å². The minimum Gasteiger partial charge on any atom is -0.393 e. The second-order valence-corrected chi connectivity index (χ2v) is 5.44. The van der Waals surface area contributed by atoms with Crippen LogP contribution in [0.5, 0.6) is 0 Å². The van der Waals surface area contributed by atoms with Crippen molar-refractivity contribution in [2.24, 2.45) is 11.8 Å². The molecule has 0 radical (unpaired) electrons. The van der Waals surface area contributed by atoms with E-state index < -0.39 is 5.60 Å². The van der Waals surface area contributed by atoms with Crippen LogP contribution in [0.15, 0.2) is 0 Å². The van der Waals surface area contributed by atoms with Crippen LogP contribution in [0.3, 0.4) is 0 Å². The van der Waals surface area contributed by atoms with Crippen LogP contribution in [0, 0.1) is 11.8 Å². The number of methoxy groups -OCH3 is 1. The topological polar surface area (TPSA) is 67.8 Å². The number of nitrogens with one attached hydrogen (secondary N) is 1. The molecule has 2 aliphatic heterocycles. The largest absolute Gasteiger partial charge is 0.393 e. The van der Waals surface area contributed by atoms with E-state index in [2.05, 4.69) is 12.2 Å². The first kappa shape index (κ1) is 13.8. The lowest BCUT2D eigenvalue weighted by atomic mass is 9.55. The quantitative estimate of drug-likeness (QED) is 0.744. The summed E-state index contributed by atoms with van der Waals surface area (Å²) in [4.78, 5) is 11.3. The Labute approximate surface area is 108 Å². The highest BCUT2D eigenvalue weighted by Crippen LogP contribution is 2.55. The van der Waals surface area contributed by atoms with Crippen LogP contribution in [-0.2, 0) is 14.3 Å². The molecular weight excluding hydrogens is 234 g/mol. The molecule has 2 bridgehead atoms. The molecule has 0 aromatic rings. The molecule has 1 saturated carbocycles. The Morgan fingerprint density at radius 3 is 2.83 bits per heavy atom. The Kier molecular flexibility index (Phi) is 3.94. The third-order valence-electron chi connectivity index (χ3n) is 4.43. The Hall–Kier alpha value is -0.650. The summed E-state index contributed by atoms with van der Waals surface area (Å²) >= 11 is 0. The molecule has 5 unspecified atom stereocenters. The third kappa shape index (κ3) is 2.04. The number of fused-ring (bicyclic) bond motifs is 2. The normalized spacial score (nSPS) is 42.2. The molecule has 2 N–H and O–H groups in total. The van der Waals surface area contributed by atoms with Gasteiger partial charge in [-0.2, -0.15) is 0 Å². The predicted molar refractivity (Wildman–Crippen MR) is 66.1 cm³/mol. The first-order valence-electron chi connectivity index (χ1n) is 6.62. The van der Waals surface area contributed by atoms with Crippen LogP contribution in [-0.4, -0.2) is 49.1 Å². The van der Waals surface area contributed by atoms with Crippen molar-refractivity contribution in [2.45, 2.75) is 44.4 Å². The van der Waals surface area contributed by atoms with E-state index in [9.17, 15) is 9.90 Å². The molecule has 3 fully saturated rings. The summed E-state index contributed by atoms with van der Waals surface area (Å²) in [6, 6.07) is 0.000764. The van der Waals surface area contributed by atoms with Crippen molar-refractivity contribution in [2.75, 3.05) is 20.3 Å². The molecule has 3 aliphatic rings. The zero-order chi connectivity index (χ0) is 13.3. The molecule has 0 aromatic heterocycles. The lowest BCUT2D eigenvalue weighted by molar-refractivity contribution is -0.292. The van der Waals surface area contributed by atoms with Crippen molar-refractivity contribution in [3.05, 3.63) is 0 Å². The summed E-state index contributed by atoms with van der Waals surface area (Å²) in [6.07, 6.45) is 1.63. The summed E-state index contributed by atoms with van der Waals surface area (Å²) in [6.45, 7) is 4.12. The van der Waals surface area contributed by atoms with Gasteiger partial charge in [0.15, 0.2) is 0 Å². The zero-order valence-electron chi connectivity index (χ0n) is 11.3. The third-order valence-corrected chi connectivity index (χ3v) is 4.43. The van der Waals surface area contributed by atoms with Crippen LogP contribution in [0.2, 0.25) is 0 Å². The number of hydrogen-bond donors (Lipinski definition) is 2. The van der Waals surface area contributed by atoms with Crippen molar-refractivity contribution < 1.29 is 19.4 Å². The Morgan fingerprint density at radius 1 is 1.61 bits per heavy atom. The van der Waals surface area contributed by atoms with Gasteiger partial charge in [0.1, 0.15) is 6.10 Å². The maximum Gasteiger partial charge on any atom is 0.217 e. The van der Waals surface area contributed by atoms with E-state index in [1.165, 1.54) is 6.92 Å². The predicted octanol–water partition coefficient (Wildman–Crippen LogP) is 0.313. The number of carbonyl (C=O) groups is 1.